The molecule has 7 nitrogen and oxygen atoms in total. The van der Waals surface area contributed by atoms with Crippen molar-refractivity contribution in [2.24, 2.45) is 0 Å². The van der Waals surface area contributed by atoms with Crippen LogP contribution >= 0.6 is 0 Å². The van der Waals surface area contributed by atoms with E-state index in [1.165, 1.54) is 32.1 Å². The molecule has 1 aromatic carbocycles. The van der Waals surface area contributed by atoms with E-state index in [0.29, 0.717) is 23.1 Å². The predicted octanol–water partition coefficient (Wildman–Crippen LogP) is 4.57. The summed E-state index contributed by atoms with van der Waals surface area (Å²) in [6, 6.07) is 10.2. The predicted molar refractivity (Wildman–Crippen MR) is 126 cm³/mol. The van der Waals surface area contributed by atoms with Gasteiger partial charge in [0, 0.05) is 42.0 Å². The third kappa shape index (κ3) is 4.09. The maximum atomic E-state index is 10.2. The number of likely N-dealkylation sites (tertiary alicyclic amines) is 1. The lowest BCUT2D eigenvalue weighted by molar-refractivity contribution is 0.106. The second-order valence-corrected chi connectivity index (χ2v) is 9.21. The fourth-order valence-electron chi connectivity index (χ4n) is 5.33. The molecule has 1 saturated carbocycles. The smallest absolute Gasteiger partial charge is 0.154 e. The van der Waals surface area contributed by atoms with Gasteiger partial charge in [0.15, 0.2) is 5.82 Å². The number of aromatic nitrogens is 4. The summed E-state index contributed by atoms with van der Waals surface area (Å²) in [6.45, 7) is 4.32. The lowest BCUT2D eigenvalue weighted by Crippen LogP contribution is -2.42. The van der Waals surface area contributed by atoms with Gasteiger partial charge in [-0.05, 0) is 50.8 Å². The monoisotopic (exact) mass is 432 g/mol. The van der Waals surface area contributed by atoms with Crippen LogP contribution in [0.2, 0.25) is 0 Å². The van der Waals surface area contributed by atoms with Crippen molar-refractivity contribution < 1.29 is 5.11 Å². The molecule has 0 amide bonds. The summed E-state index contributed by atoms with van der Waals surface area (Å²) in [4.78, 5) is 2.70. The van der Waals surface area contributed by atoms with Crippen molar-refractivity contribution in [1.82, 2.24) is 24.9 Å². The zero-order valence-corrected chi connectivity index (χ0v) is 18.7. The molecule has 1 aliphatic heterocycles. The quantitative estimate of drug-likeness (QED) is 0.627. The van der Waals surface area contributed by atoms with E-state index < -0.39 is 0 Å². The minimum Gasteiger partial charge on any atom is -0.507 e. The highest BCUT2D eigenvalue weighted by Crippen LogP contribution is 2.35. The Morgan fingerprint density at radius 3 is 2.41 bits per heavy atom. The topological polar surface area (TPSA) is 93.1 Å². The summed E-state index contributed by atoms with van der Waals surface area (Å²) >= 11 is 0. The summed E-state index contributed by atoms with van der Waals surface area (Å²) in [5.41, 5.74) is 10.2. The Labute approximate surface area is 189 Å². The van der Waals surface area contributed by atoms with Crippen LogP contribution in [0.5, 0.6) is 5.75 Å². The van der Waals surface area contributed by atoms with Crippen molar-refractivity contribution in [2.75, 3.05) is 18.8 Å². The number of phenols is 1. The molecule has 0 bridgehead atoms. The number of anilines is 1. The Balaban J connectivity index is 1.36. The highest BCUT2D eigenvalue weighted by atomic mass is 16.3. The number of nitrogens with zero attached hydrogens (tertiary/aromatic N) is 5. The van der Waals surface area contributed by atoms with Crippen molar-refractivity contribution in [3.8, 4) is 28.1 Å². The number of phenolic OH excluding ortho intramolecular Hbond substituents is 1. The highest BCUT2D eigenvalue weighted by Gasteiger charge is 2.28. The second-order valence-electron chi connectivity index (χ2n) is 9.21. The zero-order valence-electron chi connectivity index (χ0n) is 18.7. The average Bonchev–Trinajstić information content (AvgIpc) is 3.22. The van der Waals surface area contributed by atoms with Crippen LogP contribution in [0.15, 0.2) is 36.5 Å². The van der Waals surface area contributed by atoms with E-state index in [9.17, 15) is 5.11 Å². The van der Waals surface area contributed by atoms with Gasteiger partial charge >= 0.3 is 0 Å². The number of nitrogen functional groups attached to an aromatic ring is 1. The SMILES string of the molecule is Cc1nn(C2CCN(C3CCCCC3)CC2)cc1-c1cc(-c2ccccc2O)nnc1N. The van der Waals surface area contributed by atoms with E-state index in [4.69, 9.17) is 10.8 Å². The van der Waals surface area contributed by atoms with Crippen molar-refractivity contribution in [3.05, 3.63) is 42.2 Å². The number of aryl methyl sites for hydroxylation is 1. The molecule has 0 spiro atoms. The van der Waals surface area contributed by atoms with Gasteiger partial charge in [0.1, 0.15) is 5.75 Å². The van der Waals surface area contributed by atoms with Crippen LogP contribution in [0, 0.1) is 6.92 Å². The van der Waals surface area contributed by atoms with E-state index in [2.05, 4.69) is 26.0 Å². The first-order valence-corrected chi connectivity index (χ1v) is 11.8. The molecule has 2 aromatic heterocycles. The molecule has 3 aromatic rings. The molecule has 3 heterocycles. The maximum Gasteiger partial charge on any atom is 0.154 e. The standard InChI is InChI=1S/C25H32N6O/c1-17-22(21-15-23(27-28-25(21)26)20-9-5-6-10-24(20)32)16-31(29-17)19-11-13-30(14-12-19)18-7-3-2-4-8-18/h5-6,9-10,15-16,18-19,32H,2-4,7-8,11-14H2,1H3,(H2,26,28). The van der Waals surface area contributed by atoms with Gasteiger partial charge in [-0.2, -0.15) is 5.10 Å². The summed E-state index contributed by atoms with van der Waals surface area (Å²) in [6.07, 6.45) is 11.3. The molecule has 0 atom stereocenters. The first kappa shape index (κ1) is 20.9. The van der Waals surface area contributed by atoms with Crippen LogP contribution in [0.4, 0.5) is 5.82 Å². The zero-order chi connectivity index (χ0) is 22.1. The second kappa shape index (κ2) is 8.90. The third-order valence-corrected chi connectivity index (χ3v) is 7.17. The van der Waals surface area contributed by atoms with E-state index in [1.54, 1.807) is 12.1 Å². The lowest BCUT2D eigenvalue weighted by atomic mass is 9.92. The van der Waals surface area contributed by atoms with E-state index in [1.807, 2.05) is 25.1 Å². The average molecular weight is 433 g/mol. The van der Waals surface area contributed by atoms with Gasteiger partial charge in [-0.3, -0.25) is 4.68 Å². The number of benzene rings is 1. The molecule has 32 heavy (non-hydrogen) atoms. The Bertz CT molecular complexity index is 1080. The Morgan fingerprint density at radius 1 is 0.906 bits per heavy atom. The van der Waals surface area contributed by atoms with Gasteiger partial charge in [0.2, 0.25) is 0 Å². The van der Waals surface area contributed by atoms with E-state index in [-0.39, 0.29) is 5.75 Å². The number of nitrogens with two attached hydrogens (primary N) is 1. The molecular formula is C25H32N6O. The van der Waals surface area contributed by atoms with Gasteiger partial charge in [0.05, 0.1) is 17.4 Å². The number of hydrogen-bond acceptors (Lipinski definition) is 6. The van der Waals surface area contributed by atoms with Gasteiger partial charge in [-0.25, -0.2) is 0 Å². The molecule has 168 valence electrons. The number of para-hydroxylation sites is 1. The number of aromatic hydroxyl groups is 1. The van der Waals surface area contributed by atoms with Crippen molar-refractivity contribution in [2.45, 2.75) is 64.0 Å². The normalized spacial score (nSPS) is 18.8. The minimum atomic E-state index is 0.176. The van der Waals surface area contributed by atoms with Crippen LogP contribution < -0.4 is 5.73 Å². The van der Waals surface area contributed by atoms with E-state index in [0.717, 1.165) is 48.8 Å². The van der Waals surface area contributed by atoms with Crippen LogP contribution in [0.3, 0.4) is 0 Å². The van der Waals surface area contributed by atoms with Crippen LogP contribution in [0.1, 0.15) is 56.7 Å². The first-order chi connectivity index (χ1) is 15.6. The molecule has 2 aliphatic rings. The molecule has 2 fully saturated rings. The number of rotatable bonds is 4. The molecule has 1 aliphatic carbocycles. The Kier molecular flexibility index (Phi) is 5.83. The fraction of sp³-hybridized carbons (Fsp3) is 0.480. The van der Waals surface area contributed by atoms with Gasteiger partial charge < -0.3 is 15.7 Å². The number of piperidine rings is 1. The van der Waals surface area contributed by atoms with Gasteiger partial charge in [0.25, 0.3) is 0 Å². The minimum absolute atomic E-state index is 0.176. The fourth-order valence-corrected chi connectivity index (χ4v) is 5.33. The van der Waals surface area contributed by atoms with Crippen LogP contribution in [0.25, 0.3) is 22.4 Å². The first-order valence-electron chi connectivity index (χ1n) is 11.8. The third-order valence-electron chi connectivity index (χ3n) is 7.17. The van der Waals surface area contributed by atoms with Crippen molar-refractivity contribution >= 4 is 5.82 Å². The van der Waals surface area contributed by atoms with Gasteiger partial charge in [-0.1, -0.05) is 31.4 Å². The number of hydrogen-bond donors (Lipinski definition) is 2. The van der Waals surface area contributed by atoms with E-state index >= 15 is 0 Å². The Hall–Kier alpha value is -2.93. The van der Waals surface area contributed by atoms with Crippen LogP contribution in [-0.4, -0.2) is 49.1 Å². The van der Waals surface area contributed by atoms with Crippen molar-refractivity contribution in [1.29, 1.82) is 0 Å². The largest absolute Gasteiger partial charge is 0.507 e. The summed E-state index contributed by atoms with van der Waals surface area (Å²) in [5, 5.41) is 23.5. The molecule has 7 heteroatoms. The molecule has 1 saturated heterocycles. The summed E-state index contributed by atoms with van der Waals surface area (Å²) < 4.78 is 2.13. The molecule has 3 N–H and O–H groups in total. The highest BCUT2D eigenvalue weighted by molar-refractivity contribution is 5.79. The molecular weight excluding hydrogens is 400 g/mol. The van der Waals surface area contributed by atoms with Crippen molar-refractivity contribution in [3.63, 3.8) is 0 Å². The van der Waals surface area contributed by atoms with Gasteiger partial charge in [-0.15, -0.1) is 10.2 Å². The summed E-state index contributed by atoms with van der Waals surface area (Å²) in [5.74, 6) is 0.550. The molecule has 0 unspecified atom stereocenters. The molecule has 5 rings (SSSR count). The lowest BCUT2D eigenvalue weighted by Gasteiger charge is -2.39. The summed E-state index contributed by atoms with van der Waals surface area (Å²) in [7, 11) is 0. The van der Waals surface area contributed by atoms with Crippen LogP contribution in [-0.2, 0) is 0 Å². The molecule has 0 radical (unpaired) electrons. The Morgan fingerprint density at radius 2 is 1.66 bits per heavy atom. The maximum absolute atomic E-state index is 10.2.